The van der Waals surface area contributed by atoms with E-state index in [-0.39, 0.29) is 25.0 Å². The zero-order valence-electron chi connectivity index (χ0n) is 10.2. The number of carbonyl (C=O) groups is 1. The van der Waals surface area contributed by atoms with Crippen LogP contribution in [0.15, 0.2) is 0 Å². The highest BCUT2D eigenvalue weighted by molar-refractivity contribution is 5.72. The van der Waals surface area contributed by atoms with Gasteiger partial charge >= 0.3 is 5.97 Å². The number of aliphatic hydroxyl groups is 1. The SMILES string of the molecule is CCC(CO)CNCC(=O)OC(C)(C)C. The number of nitrogens with one attached hydrogen (secondary N) is 1. The summed E-state index contributed by atoms with van der Waals surface area (Å²) < 4.78 is 5.12. The summed E-state index contributed by atoms with van der Waals surface area (Å²) in [4.78, 5) is 11.3. The van der Waals surface area contributed by atoms with Gasteiger partial charge in [-0.1, -0.05) is 6.92 Å². The van der Waals surface area contributed by atoms with Crippen LogP contribution in [0.25, 0.3) is 0 Å². The molecule has 0 aliphatic heterocycles. The van der Waals surface area contributed by atoms with E-state index in [4.69, 9.17) is 9.84 Å². The van der Waals surface area contributed by atoms with Crippen molar-refractivity contribution in [3.05, 3.63) is 0 Å². The average molecular weight is 217 g/mol. The number of hydrogen-bond acceptors (Lipinski definition) is 4. The van der Waals surface area contributed by atoms with Gasteiger partial charge in [0.2, 0.25) is 0 Å². The van der Waals surface area contributed by atoms with Crippen LogP contribution >= 0.6 is 0 Å². The number of hydrogen-bond donors (Lipinski definition) is 2. The lowest BCUT2D eigenvalue weighted by molar-refractivity contribution is -0.153. The quantitative estimate of drug-likeness (QED) is 0.650. The highest BCUT2D eigenvalue weighted by Crippen LogP contribution is 2.06. The van der Waals surface area contributed by atoms with Gasteiger partial charge in [-0.2, -0.15) is 0 Å². The van der Waals surface area contributed by atoms with Crippen molar-refractivity contribution in [2.75, 3.05) is 19.7 Å². The van der Waals surface area contributed by atoms with Crippen LogP contribution < -0.4 is 5.32 Å². The van der Waals surface area contributed by atoms with Crippen LogP contribution in [0.1, 0.15) is 34.1 Å². The Balaban J connectivity index is 3.64. The minimum absolute atomic E-state index is 0.151. The molecule has 15 heavy (non-hydrogen) atoms. The molecule has 1 unspecified atom stereocenters. The Morgan fingerprint density at radius 1 is 1.47 bits per heavy atom. The molecule has 0 spiro atoms. The molecule has 0 amide bonds. The molecule has 4 heteroatoms. The van der Waals surface area contributed by atoms with E-state index in [9.17, 15) is 4.79 Å². The predicted molar refractivity (Wildman–Crippen MR) is 59.6 cm³/mol. The van der Waals surface area contributed by atoms with E-state index < -0.39 is 5.60 Å². The molecule has 0 rings (SSSR count). The molecular formula is C11H23NO3. The van der Waals surface area contributed by atoms with Crippen LogP contribution in [0.3, 0.4) is 0 Å². The summed E-state index contributed by atoms with van der Waals surface area (Å²) in [6.07, 6.45) is 0.901. The maximum Gasteiger partial charge on any atom is 0.320 e. The highest BCUT2D eigenvalue weighted by atomic mass is 16.6. The second-order valence-corrected chi connectivity index (χ2v) is 4.67. The molecule has 2 N–H and O–H groups in total. The second kappa shape index (κ2) is 6.80. The van der Waals surface area contributed by atoms with Crippen LogP contribution in [-0.2, 0) is 9.53 Å². The van der Waals surface area contributed by atoms with Gasteiger partial charge in [-0.05, 0) is 33.1 Å². The first-order chi connectivity index (χ1) is 6.89. The second-order valence-electron chi connectivity index (χ2n) is 4.67. The average Bonchev–Trinajstić information content (AvgIpc) is 2.09. The molecule has 0 aromatic heterocycles. The Morgan fingerprint density at radius 3 is 2.47 bits per heavy atom. The maximum absolute atomic E-state index is 11.3. The van der Waals surface area contributed by atoms with Crippen LogP contribution in [0, 0.1) is 5.92 Å². The molecule has 0 saturated carbocycles. The minimum atomic E-state index is -0.431. The number of aliphatic hydroxyl groups excluding tert-OH is 1. The van der Waals surface area contributed by atoms with E-state index in [1.807, 2.05) is 27.7 Å². The van der Waals surface area contributed by atoms with Crippen LogP contribution in [-0.4, -0.2) is 36.4 Å². The van der Waals surface area contributed by atoms with Crippen LogP contribution in [0.2, 0.25) is 0 Å². The molecule has 0 saturated heterocycles. The molecule has 4 nitrogen and oxygen atoms in total. The standard InChI is InChI=1S/C11H23NO3/c1-5-9(8-13)6-12-7-10(14)15-11(2,3)4/h9,12-13H,5-8H2,1-4H3. The van der Waals surface area contributed by atoms with E-state index in [2.05, 4.69) is 5.32 Å². The lowest BCUT2D eigenvalue weighted by atomic mass is 10.1. The van der Waals surface area contributed by atoms with Crippen molar-refractivity contribution in [1.82, 2.24) is 5.32 Å². The van der Waals surface area contributed by atoms with Crippen molar-refractivity contribution in [3.8, 4) is 0 Å². The smallest absolute Gasteiger partial charge is 0.320 e. The number of carbonyl (C=O) groups excluding carboxylic acids is 1. The van der Waals surface area contributed by atoms with Crippen molar-refractivity contribution in [2.45, 2.75) is 39.7 Å². The summed E-state index contributed by atoms with van der Waals surface area (Å²) in [5.74, 6) is -0.0391. The molecule has 0 bridgehead atoms. The molecule has 0 heterocycles. The van der Waals surface area contributed by atoms with Gasteiger partial charge in [-0.3, -0.25) is 4.79 Å². The van der Waals surface area contributed by atoms with Gasteiger partial charge in [0.15, 0.2) is 0 Å². The maximum atomic E-state index is 11.3. The van der Waals surface area contributed by atoms with Crippen molar-refractivity contribution in [3.63, 3.8) is 0 Å². The Bertz CT molecular complexity index is 183. The van der Waals surface area contributed by atoms with E-state index in [0.717, 1.165) is 6.42 Å². The number of rotatable bonds is 6. The molecule has 1 atom stereocenters. The van der Waals surface area contributed by atoms with E-state index >= 15 is 0 Å². The number of ether oxygens (including phenoxy) is 1. The summed E-state index contributed by atoms with van der Waals surface area (Å²) in [5.41, 5.74) is -0.431. The fraction of sp³-hybridized carbons (Fsp3) is 0.909. The largest absolute Gasteiger partial charge is 0.459 e. The zero-order chi connectivity index (χ0) is 11.9. The minimum Gasteiger partial charge on any atom is -0.459 e. The first kappa shape index (κ1) is 14.4. The Morgan fingerprint density at radius 2 is 2.07 bits per heavy atom. The molecule has 0 aliphatic carbocycles. The Labute approximate surface area is 92.0 Å². The van der Waals surface area contributed by atoms with Gasteiger partial charge in [0, 0.05) is 13.2 Å². The molecule has 0 fully saturated rings. The lowest BCUT2D eigenvalue weighted by Crippen LogP contribution is -2.34. The fourth-order valence-corrected chi connectivity index (χ4v) is 1.09. The molecule has 0 aliphatic rings. The third kappa shape index (κ3) is 8.39. The van der Waals surface area contributed by atoms with Crippen molar-refractivity contribution < 1.29 is 14.6 Å². The summed E-state index contributed by atoms with van der Waals surface area (Å²) in [6, 6.07) is 0. The van der Waals surface area contributed by atoms with Gasteiger partial charge < -0.3 is 15.2 Å². The molecule has 0 radical (unpaired) electrons. The summed E-state index contributed by atoms with van der Waals surface area (Å²) in [5, 5.41) is 11.9. The summed E-state index contributed by atoms with van der Waals surface area (Å²) in [7, 11) is 0. The molecule has 0 aromatic carbocycles. The Kier molecular flexibility index (Phi) is 6.52. The van der Waals surface area contributed by atoms with Crippen molar-refractivity contribution >= 4 is 5.97 Å². The number of esters is 1. The Hall–Kier alpha value is -0.610. The van der Waals surface area contributed by atoms with E-state index in [1.165, 1.54) is 0 Å². The topological polar surface area (TPSA) is 58.6 Å². The fourth-order valence-electron chi connectivity index (χ4n) is 1.09. The van der Waals surface area contributed by atoms with Gasteiger partial charge in [0.05, 0.1) is 6.54 Å². The molecular weight excluding hydrogens is 194 g/mol. The van der Waals surface area contributed by atoms with E-state index in [0.29, 0.717) is 6.54 Å². The normalized spacial score (nSPS) is 13.7. The zero-order valence-corrected chi connectivity index (χ0v) is 10.2. The first-order valence-corrected chi connectivity index (χ1v) is 5.42. The third-order valence-corrected chi connectivity index (χ3v) is 1.96. The van der Waals surface area contributed by atoms with E-state index in [1.54, 1.807) is 0 Å². The third-order valence-electron chi connectivity index (χ3n) is 1.96. The van der Waals surface area contributed by atoms with Crippen molar-refractivity contribution in [2.24, 2.45) is 5.92 Å². The van der Waals surface area contributed by atoms with Gasteiger partial charge in [0.1, 0.15) is 5.60 Å². The first-order valence-electron chi connectivity index (χ1n) is 5.42. The van der Waals surface area contributed by atoms with Crippen molar-refractivity contribution in [1.29, 1.82) is 0 Å². The highest BCUT2D eigenvalue weighted by Gasteiger charge is 2.15. The van der Waals surface area contributed by atoms with Gasteiger partial charge in [0.25, 0.3) is 0 Å². The summed E-state index contributed by atoms with van der Waals surface area (Å²) in [6.45, 7) is 8.53. The lowest BCUT2D eigenvalue weighted by Gasteiger charge is -2.20. The predicted octanol–water partition coefficient (Wildman–Crippen LogP) is 0.936. The monoisotopic (exact) mass is 217 g/mol. The van der Waals surface area contributed by atoms with Crippen LogP contribution in [0.5, 0.6) is 0 Å². The molecule has 0 aromatic rings. The molecule has 90 valence electrons. The van der Waals surface area contributed by atoms with Crippen LogP contribution in [0.4, 0.5) is 0 Å². The van der Waals surface area contributed by atoms with Gasteiger partial charge in [-0.15, -0.1) is 0 Å². The summed E-state index contributed by atoms with van der Waals surface area (Å²) >= 11 is 0. The van der Waals surface area contributed by atoms with Gasteiger partial charge in [-0.25, -0.2) is 0 Å².